The number of benzene rings is 1. The molecular formula is C15H21NO2S2. The van der Waals surface area contributed by atoms with Gasteiger partial charge in [0.25, 0.3) is 0 Å². The first-order chi connectivity index (χ1) is 9.86. The number of rotatable bonds is 4. The Kier molecular flexibility index (Phi) is 5.02. The van der Waals surface area contributed by atoms with Gasteiger partial charge in [0, 0.05) is 47.1 Å². The summed E-state index contributed by atoms with van der Waals surface area (Å²) in [6, 6.07) is 6.48. The zero-order chi connectivity index (χ0) is 13.8. The van der Waals surface area contributed by atoms with Crippen LogP contribution < -0.4 is 14.8 Å². The molecular weight excluding hydrogens is 290 g/mol. The third-order valence-electron chi connectivity index (χ3n) is 3.73. The molecule has 3 rings (SSSR count). The number of hydrogen-bond acceptors (Lipinski definition) is 5. The van der Waals surface area contributed by atoms with Crippen molar-refractivity contribution in [3.8, 4) is 11.5 Å². The van der Waals surface area contributed by atoms with Gasteiger partial charge in [0.1, 0.15) is 11.5 Å². The zero-order valence-corrected chi connectivity index (χ0v) is 13.4. The van der Waals surface area contributed by atoms with Gasteiger partial charge in [-0.3, -0.25) is 0 Å². The standard InChI is InChI=1S/C15H21NO2S2/c1-17-11-2-3-15-13(8-11)14(4-5-18-15)16-9-12-10-19-6-7-20-12/h2-3,8,12,14,16H,4-7,9-10H2,1H3. The highest BCUT2D eigenvalue weighted by Crippen LogP contribution is 2.35. The van der Waals surface area contributed by atoms with Crippen LogP contribution in [0, 0.1) is 0 Å². The molecule has 20 heavy (non-hydrogen) atoms. The highest BCUT2D eigenvalue weighted by molar-refractivity contribution is 8.06. The highest BCUT2D eigenvalue weighted by Gasteiger charge is 2.23. The second kappa shape index (κ2) is 6.96. The molecule has 2 aliphatic rings. The normalized spacial score (nSPS) is 25.6. The monoisotopic (exact) mass is 311 g/mol. The quantitative estimate of drug-likeness (QED) is 0.924. The van der Waals surface area contributed by atoms with Crippen LogP contribution >= 0.6 is 23.5 Å². The fourth-order valence-electron chi connectivity index (χ4n) is 2.64. The summed E-state index contributed by atoms with van der Waals surface area (Å²) in [5, 5.41) is 4.47. The number of hydrogen-bond donors (Lipinski definition) is 1. The molecule has 1 fully saturated rings. The lowest BCUT2D eigenvalue weighted by atomic mass is 10.00. The smallest absolute Gasteiger partial charge is 0.124 e. The molecule has 0 spiro atoms. The molecule has 1 aromatic rings. The van der Waals surface area contributed by atoms with E-state index in [9.17, 15) is 0 Å². The van der Waals surface area contributed by atoms with Crippen molar-refractivity contribution in [1.82, 2.24) is 5.32 Å². The van der Waals surface area contributed by atoms with E-state index >= 15 is 0 Å². The van der Waals surface area contributed by atoms with Crippen molar-refractivity contribution in [2.45, 2.75) is 17.7 Å². The van der Waals surface area contributed by atoms with Crippen LogP contribution in [-0.2, 0) is 0 Å². The highest BCUT2D eigenvalue weighted by atomic mass is 32.2. The summed E-state index contributed by atoms with van der Waals surface area (Å²) in [5.41, 5.74) is 1.24. The fourth-order valence-corrected chi connectivity index (χ4v) is 5.26. The van der Waals surface area contributed by atoms with Gasteiger partial charge in [0.15, 0.2) is 0 Å². The molecule has 1 aromatic carbocycles. The van der Waals surface area contributed by atoms with Gasteiger partial charge in [0.2, 0.25) is 0 Å². The average molecular weight is 311 g/mol. The minimum Gasteiger partial charge on any atom is -0.497 e. The summed E-state index contributed by atoms with van der Waals surface area (Å²) >= 11 is 4.18. The SMILES string of the molecule is COc1ccc2c(c1)C(NCC1CSCCS1)CCO2. The largest absolute Gasteiger partial charge is 0.497 e. The molecule has 2 atom stereocenters. The van der Waals surface area contributed by atoms with E-state index in [-0.39, 0.29) is 0 Å². The molecule has 1 saturated heterocycles. The zero-order valence-electron chi connectivity index (χ0n) is 11.8. The van der Waals surface area contributed by atoms with Crippen LogP contribution in [0.4, 0.5) is 0 Å². The topological polar surface area (TPSA) is 30.5 Å². The van der Waals surface area contributed by atoms with Gasteiger partial charge in [-0.05, 0) is 18.2 Å². The Morgan fingerprint density at radius 1 is 1.40 bits per heavy atom. The molecule has 1 N–H and O–H groups in total. The Balaban J connectivity index is 1.65. The molecule has 2 heterocycles. The van der Waals surface area contributed by atoms with Crippen molar-refractivity contribution in [3.63, 3.8) is 0 Å². The first kappa shape index (κ1) is 14.4. The summed E-state index contributed by atoms with van der Waals surface area (Å²) in [6.07, 6.45) is 1.03. The van der Waals surface area contributed by atoms with Gasteiger partial charge in [-0.15, -0.1) is 0 Å². The Labute approximate surface area is 129 Å². The van der Waals surface area contributed by atoms with Crippen molar-refractivity contribution in [3.05, 3.63) is 23.8 Å². The van der Waals surface area contributed by atoms with E-state index in [4.69, 9.17) is 9.47 Å². The maximum Gasteiger partial charge on any atom is 0.124 e. The Bertz CT molecular complexity index is 449. The number of methoxy groups -OCH3 is 1. The molecule has 2 unspecified atom stereocenters. The fraction of sp³-hybridized carbons (Fsp3) is 0.600. The second-order valence-electron chi connectivity index (χ2n) is 5.07. The lowest BCUT2D eigenvalue weighted by Gasteiger charge is -2.29. The van der Waals surface area contributed by atoms with E-state index in [1.54, 1.807) is 7.11 Å². The molecule has 5 heteroatoms. The average Bonchev–Trinajstić information content (AvgIpc) is 2.53. The maximum absolute atomic E-state index is 5.74. The lowest BCUT2D eigenvalue weighted by Crippen LogP contribution is -2.34. The molecule has 0 saturated carbocycles. The minimum absolute atomic E-state index is 0.390. The summed E-state index contributed by atoms with van der Waals surface area (Å²) in [4.78, 5) is 0. The van der Waals surface area contributed by atoms with E-state index in [0.717, 1.165) is 36.3 Å². The van der Waals surface area contributed by atoms with Gasteiger partial charge >= 0.3 is 0 Å². The van der Waals surface area contributed by atoms with Crippen LogP contribution in [-0.4, -0.2) is 42.8 Å². The number of fused-ring (bicyclic) bond motifs is 1. The third kappa shape index (κ3) is 3.38. The van der Waals surface area contributed by atoms with Crippen molar-refractivity contribution >= 4 is 23.5 Å². The number of thioether (sulfide) groups is 2. The molecule has 0 bridgehead atoms. The van der Waals surface area contributed by atoms with E-state index in [2.05, 4.69) is 34.9 Å². The first-order valence-electron chi connectivity index (χ1n) is 7.10. The predicted octanol–water partition coefficient (Wildman–Crippen LogP) is 2.96. The predicted molar refractivity (Wildman–Crippen MR) is 87.4 cm³/mol. The van der Waals surface area contributed by atoms with Crippen LogP contribution in [0.25, 0.3) is 0 Å². The third-order valence-corrected chi connectivity index (χ3v) is 6.58. The van der Waals surface area contributed by atoms with E-state index in [0.29, 0.717) is 6.04 Å². The Morgan fingerprint density at radius 2 is 2.35 bits per heavy atom. The van der Waals surface area contributed by atoms with Crippen molar-refractivity contribution in [2.24, 2.45) is 0 Å². The van der Waals surface area contributed by atoms with Gasteiger partial charge in [-0.25, -0.2) is 0 Å². The molecule has 110 valence electrons. The second-order valence-corrected chi connectivity index (χ2v) is 7.63. The van der Waals surface area contributed by atoms with Gasteiger partial charge in [0.05, 0.1) is 13.7 Å². The van der Waals surface area contributed by atoms with Crippen molar-refractivity contribution in [2.75, 3.05) is 37.5 Å². The summed E-state index contributed by atoms with van der Waals surface area (Å²) in [7, 11) is 1.71. The van der Waals surface area contributed by atoms with Crippen LogP contribution in [0.1, 0.15) is 18.0 Å². The first-order valence-corrected chi connectivity index (χ1v) is 9.30. The summed E-state index contributed by atoms with van der Waals surface area (Å²) in [6.45, 7) is 1.88. The van der Waals surface area contributed by atoms with Crippen molar-refractivity contribution < 1.29 is 9.47 Å². The number of ether oxygens (including phenoxy) is 2. The molecule has 0 aliphatic carbocycles. The number of nitrogens with one attached hydrogen (secondary N) is 1. The Morgan fingerprint density at radius 3 is 3.15 bits per heavy atom. The van der Waals surface area contributed by atoms with Crippen LogP contribution in [0.2, 0.25) is 0 Å². The van der Waals surface area contributed by atoms with E-state index in [1.165, 1.54) is 22.8 Å². The van der Waals surface area contributed by atoms with Gasteiger partial charge < -0.3 is 14.8 Å². The summed E-state index contributed by atoms with van der Waals surface area (Å²) < 4.78 is 11.1. The van der Waals surface area contributed by atoms with Crippen LogP contribution in [0.5, 0.6) is 11.5 Å². The molecule has 2 aliphatic heterocycles. The van der Waals surface area contributed by atoms with Crippen LogP contribution in [0.3, 0.4) is 0 Å². The van der Waals surface area contributed by atoms with Crippen molar-refractivity contribution in [1.29, 1.82) is 0 Å². The van der Waals surface area contributed by atoms with E-state index < -0.39 is 0 Å². The molecule has 0 radical (unpaired) electrons. The van der Waals surface area contributed by atoms with Gasteiger partial charge in [-0.1, -0.05) is 0 Å². The molecule has 0 aromatic heterocycles. The Hall–Kier alpha value is -0.520. The molecule has 0 amide bonds. The van der Waals surface area contributed by atoms with E-state index in [1.807, 2.05) is 12.1 Å². The molecule has 3 nitrogen and oxygen atoms in total. The summed E-state index contributed by atoms with van der Waals surface area (Å²) in [5.74, 6) is 5.77. The van der Waals surface area contributed by atoms with Crippen LogP contribution in [0.15, 0.2) is 18.2 Å². The minimum atomic E-state index is 0.390. The maximum atomic E-state index is 5.74. The lowest BCUT2D eigenvalue weighted by molar-refractivity contribution is 0.252. The van der Waals surface area contributed by atoms with Gasteiger partial charge in [-0.2, -0.15) is 23.5 Å².